The van der Waals surface area contributed by atoms with Crippen LogP contribution in [0.5, 0.6) is 0 Å². The summed E-state index contributed by atoms with van der Waals surface area (Å²) in [5.74, 6) is -0.568. The van der Waals surface area contributed by atoms with Crippen LogP contribution in [0.2, 0.25) is 5.02 Å². The number of benzene rings is 2. The summed E-state index contributed by atoms with van der Waals surface area (Å²) in [6, 6.07) is 10.6. The van der Waals surface area contributed by atoms with Crippen LogP contribution >= 0.6 is 11.6 Å². The molecule has 1 aliphatic heterocycles. The number of hydrogen-bond acceptors (Lipinski definition) is 4. The third kappa shape index (κ3) is 3.38. The van der Waals surface area contributed by atoms with Gasteiger partial charge in [0.1, 0.15) is 0 Å². The molecule has 1 fully saturated rings. The number of carbonyl (C=O) groups excluding carboxylic acids is 2. The summed E-state index contributed by atoms with van der Waals surface area (Å²) in [4.78, 5) is 24.6. The van der Waals surface area contributed by atoms with Crippen molar-refractivity contribution in [1.29, 1.82) is 0 Å². The highest BCUT2D eigenvalue weighted by Crippen LogP contribution is 2.27. The second-order valence-corrected chi connectivity index (χ2v) is 7.72. The molecule has 25 heavy (non-hydrogen) atoms. The molecule has 1 N–H and O–H groups in total. The van der Waals surface area contributed by atoms with Gasteiger partial charge in [0.15, 0.2) is 0 Å². The lowest BCUT2D eigenvalue weighted by Gasteiger charge is -2.15. The van der Waals surface area contributed by atoms with E-state index in [0.717, 1.165) is 4.90 Å². The van der Waals surface area contributed by atoms with E-state index in [4.69, 9.17) is 11.6 Å². The molecule has 6 nitrogen and oxygen atoms in total. The van der Waals surface area contributed by atoms with E-state index in [9.17, 15) is 18.0 Å². The first-order valence-corrected chi connectivity index (χ1v) is 9.39. The van der Waals surface area contributed by atoms with Crippen molar-refractivity contribution in [2.75, 3.05) is 9.62 Å². The quantitative estimate of drug-likeness (QED) is 0.828. The number of nitrogens with zero attached hydrogens (tertiary/aromatic N) is 1. The van der Waals surface area contributed by atoms with Crippen molar-refractivity contribution < 1.29 is 18.0 Å². The molecule has 2 aromatic rings. The minimum Gasteiger partial charge on any atom is -0.279 e. The number of halogens is 1. The van der Waals surface area contributed by atoms with E-state index < -0.39 is 10.0 Å². The average molecular weight is 379 g/mol. The summed E-state index contributed by atoms with van der Waals surface area (Å²) >= 11 is 6.01. The molecule has 3 rings (SSSR count). The highest BCUT2D eigenvalue weighted by atomic mass is 35.5. The van der Waals surface area contributed by atoms with Crippen molar-refractivity contribution in [2.24, 2.45) is 0 Å². The molecule has 0 radical (unpaired) electrons. The van der Waals surface area contributed by atoms with Crippen molar-refractivity contribution >= 4 is 44.8 Å². The maximum Gasteiger partial charge on any atom is 0.261 e. The van der Waals surface area contributed by atoms with Crippen LogP contribution in [0.3, 0.4) is 0 Å². The Morgan fingerprint density at radius 3 is 2.20 bits per heavy atom. The predicted octanol–water partition coefficient (Wildman–Crippen LogP) is 3.10. The number of rotatable bonds is 4. The molecule has 2 aromatic carbocycles. The molecule has 0 bridgehead atoms. The first kappa shape index (κ1) is 17.4. The van der Waals surface area contributed by atoms with Gasteiger partial charge in [-0.3, -0.25) is 19.2 Å². The molecule has 8 heteroatoms. The zero-order valence-corrected chi connectivity index (χ0v) is 14.9. The van der Waals surface area contributed by atoms with Crippen molar-refractivity contribution in [1.82, 2.24) is 0 Å². The number of carbonyl (C=O) groups is 2. The Bertz CT molecular complexity index is 939. The molecule has 0 spiro atoms. The first-order chi connectivity index (χ1) is 11.8. The predicted molar refractivity (Wildman–Crippen MR) is 95.2 cm³/mol. The van der Waals surface area contributed by atoms with Gasteiger partial charge in [0.05, 0.1) is 16.3 Å². The highest BCUT2D eigenvalue weighted by Gasteiger charge is 2.30. The van der Waals surface area contributed by atoms with Gasteiger partial charge >= 0.3 is 0 Å². The fraction of sp³-hybridized carbons (Fsp3) is 0.176. The maximum atomic E-state index is 12.5. The van der Waals surface area contributed by atoms with Gasteiger partial charge in [0, 0.05) is 17.9 Å². The summed E-state index contributed by atoms with van der Waals surface area (Å²) in [6.07, 6.45) is 0.350. The second-order valence-electron chi connectivity index (χ2n) is 5.63. The smallest absolute Gasteiger partial charge is 0.261 e. The minimum absolute atomic E-state index is 0.0229. The summed E-state index contributed by atoms with van der Waals surface area (Å²) in [6.45, 7) is 1.72. The maximum absolute atomic E-state index is 12.5. The Hall–Kier alpha value is -2.38. The van der Waals surface area contributed by atoms with Crippen LogP contribution in [-0.2, 0) is 19.6 Å². The van der Waals surface area contributed by atoms with Crippen LogP contribution in [0.25, 0.3) is 0 Å². The van der Waals surface area contributed by atoms with Crippen LogP contribution in [0.4, 0.5) is 11.4 Å². The monoisotopic (exact) mass is 378 g/mol. The van der Waals surface area contributed by atoms with Crippen LogP contribution in [0.1, 0.15) is 18.4 Å². The summed E-state index contributed by atoms with van der Waals surface area (Å²) in [7, 11) is -3.82. The van der Waals surface area contributed by atoms with Crippen LogP contribution < -0.4 is 9.62 Å². The first-order valence-electron chi connectivity index (χ1n) is 7.53. The molecule has 2 amide bonds. The van der Waals surface area contributed by atoms with Gasteiger partial charge in [-0.15, -0.1) is 0 Å². The molecule has 0 aromatic heterocycles. The van der Waals surface area contributed by atoms with Gasteiger partial charge in [-0.1, -0.05) is 17.7 Å². The molecule has 1 aliphatic rings. The minimum atomic E-state index is -3.82. The zero-order valence-electron chi connectivity index (χ0n) is 13.3. The van der Waals surface area contributed by atoms with Gasteiger partial charge < -0.3 is 0 Å². The van der Waals surface area contributed by atoms with Gasteiger partial charge in [-0.05, 0) is 48.9 Å². The van der Waals surface area contributed by atoms with Crippen LogP contribution in [-0.4, -0.2) is 20.2 Å². The molecule has 130 valence electrons. The molecular weight excluding hydrogens is 364 g/mol. The fourth-order valence-electron chi connectivity index (χ4n) is 2.56. The highest BCUT2D eigenvalue weighted by molar-refractivity contribution is 7.92. The molecule has 1 heterocycles. The van der Waals surface area contributed by atoms with Gasteiger partial charge in [-0.2, -0.15) is 0 Å². The Labute approximate surface area is 150 Å². The van der Waals surface area contributed by atoms with Crippen LogP contribution in [0, 0.1) is 6.92 Å². The lowest BCUT2D eigenvalue weighted by Crippen LogP contribution is -2.28. The van der Waals surface area contributed by atoms with E-state index in [-0.39, 0.29) is 29.6 Å². The number of nitrogens with one attached hydrogen (secondary N) is 1. The third-order valence-corrected chi connectivity index (χ3v) is 5.76. The van der Waals surface area contributed by atoms with Crippen molar-refractivity contribution in [3.8, 4) is 0 Å². The zero-order chi connectivity index (χ0) is 18.2. The van der Waals surface area contributed by atoms with Gasteiger partial charge in [0.2, 0.25) is 11.8 Å². The number of anilines is 2. The SMILES string of the molecule is Cc1c(Cl)cccc1NS(=O)(=O)c1ccc(N2C(=O)CCC2=O)cc1. The molecule has 0 aliphatic carbocycles. The van der Waals surface area contributed by atoms with Crippen molar-refractivity contribution in [2.45, 2.75) is 24.7 Å². The summed E-state index contributed by atoms with van der Waals surface area (Å²) < 4.78 is 27.5. The average Bonchev–Trinajstić information content (AvgIpc) is 2.91. The van der Waals surface area contributed by atoms with E-state index in [1.807, 2.05) is 0 Å². The van der Waals surface area contributed by atoms with E-state index in [1.54, 1.807) is 25.1 Å². The Balaban J connectivity index is 1.87. The summed E-state index contributed by atoms with van der Waals surface area (Å²) in [5, 5.41) is 0.460. The molecule has 0 saturated carbocycles. The molecule has 1 saturated heterocycles. The summed E-state index contributed by atoms with van der Waals surface area (Å²) in [5.41, 5.74) is 1.38. The van der Waals surface area contributed by atoms with E-state index in [2.05, 4.69) is 4.72 Å². The Kier molecular flexibility index (Phi) is 4.53. The molecular formula is C17H15ClN2O4S. The second kappa shape index (κ2) is 6.50. The topological polar surface area (TPSA) is 83.6 Å². The largest absolute Gasteiger partial charge is 0.279 e. The van der Waals surface area contributed by atoms with Crippen molar-refractivity contribution in [3.63, 3.8) is 0 Å². The lowest BCUT2D eigenvalue weighted by atomic mass is 10.2. The number of imide groups is 1. The van der Waals surface area contributed by atoms with Gasteiger partial charge in [-0.25, -0.2) is 8.42 Å². The van der Waals surface area contributed by atoms with E-state index >= 15 is 0 Å². The lowest BCUT2D eigenvalue weighted by molar-refractivity contribution is -0.121. The Morgan fingerprint density at radius 1 is 1.00 bits per heavy atom. The number of hydrogen-bond donors (Lipinski definition) is 1. The Morgan fingerprint density at radius 2 is 1.60 bits per heavy atom. The number of amides is 2. The standard InChI is InChI=1S/C17H15ClN2O4S/c1-11-14(18)3-2-4-15(11)19-25(23,24)13-7-5-12(6-8-13)20-16(21)9-10-17(20)22/h2-8,19H,9-10H2,1H3. The fourth-order valence-corrected chi connectivity index (χ4v) is 3.86. The molecule has 0 atom stereocenters. The normalized spacial score (nSPS) is 14.9. The van der Waals surface area contributed by atoms with Crippen LogP contribution in [0.15, 0.2) is 47.4 Å². The third-order valence-electron chi connectivity index (χ3n) is 3.97. The van der Waals surface area contributed by atoms with E-state index in [1.165, 1.54) is 24.3 Å². The van der Waals surface area contributed by atoms with E-state index in [0.29, 0.717) is 22.0 Å². The van der Waals surface area contributed by atoms with Crippen molar-refractivity contribution in [3.05, 3.63) is 53.1 Å². The number of sulfonamides is 1. The van der Waals surface area contributed by atoms with Gasteiger partial charge in [0.25, 0.3) is 10.0 Å². The molecule has 0 unspecified atom stereocenters.